The number of rotatable bonds is 8. The first-order chi connectivity index (χ1) is 8.38. The highest BCUT2D eigenvalue weighted by molar-refractivity contribution is 5.80. The van der Waals surface area contributed by atoms with Crippen LogP contribution in [0.5, 0.6) is 0 Å². The largest absolute Gasteiger partial charge is 0.480 e. The summed E-state index contributed by atoms with van der Waals surface area (Å²) in [4.78, 5) is 22.3. The van der Waals surface area contributed by atoms with Crippen molar-refractivity contribution in [2.75, 3.05) is 6.61 Å². The maximum Gasteiger partial charge on any atom is 0.407 e. The van der Waals surface area contributed by atoms with Crippen LogP contribution in [-0.2, 0) is 9.53 Å². The smallest absolute Gasteiger partial charge is 0.407 e. The van der Waals surface area contributed by atoms with Crippen LogP contribution in [0.4, 0.5) is 4.79 Å². The van der Waals surface area contributed by atoms with Crippen LogP contribution in [0.15, 0.2) is 12.7 Å². The van der Waals surface area contributed by atoms with E-state index in [1.807, 2.05) is 13.0 Å². The third kappa shape index (κ3) is 6.93. The fourth-order valence-electron chi connectivity index (χ4n) is 1.39. The molecule has 0 unspecified atom stereocenters. The lowest BCUT2D eigenvalue weighted by Crippen LogP contribution is -2.44. The van der Waals surface area contributed by atoms with E-state index < -0.39 is 18.1 Å². The van der Waals surface area contributed by atoms with Crippen molar-refractivity contribution in [3.63, 3.8) is 0 Å². The van der Waals surface area contributed by atoms with Crippen LogP contribution in [0.2, 0.25) is 0 Å². The van der Waals surface area contributed by atoms with Gasteiger partial charge in [-0.25, -0.2) is 9.59 Å². The van der Waals surface area contributed by atoms with Gasteiger partial charge in [-0.1, -0.05) is 26.8 Å². The molecule has 0 rings (SSSR count). The number of carboxylic acid groups (broad SMARTS) is 1. The van der Waals surface area contributed by atoms with Crippen molar-refractivity contribution in [2.45, 2.75) is 39.7 Å². The van der Waals surface area contributed by atoms with Gasteiger partial charge in [-0.2, -0.15) is 0 Å². The van der Waals surface area contributed by atoms with E-state index in [0.29, 0.717) is 0 Å². The Labute approximate surface area is 108 Å². The minimum Gasteiger partial charge on any atom is -0.480 e. The number of carbonyl (C=O) groups excluding carboxylic acids is 1. The Morgan fingerprint density at radius 3 is 2.44 bits per heavy atom. The van der Waals surface area contributed by atoms with Crippen LogP contribution in [0.1, 0.15) is 33.6 Å². The topological polar surface area (TPSA) is 75.6 Å². The normalized spacial score (nSPS) is 13.8. The Morgan fingerprint density at radius 1 is 1.39 bits per heavy atom. The lowest BCUT2D eigenvalue weighted by atomic mass is 10.1. The molecule has 1 amide bonds. The maximum absolute atomic E-state index is 11.4. The second-order valence-electron chi connectivity index (χ2n) is 4.77. The fraction of sp³-hybridized carbons (Fsp3) is 0.692. The summed E-state index contributed by atoms with van der Waals surface area (Å²) in [5, 5.41) is 11.3. The van der Waals surface area contributed by atoms with E-state index in [1.54, 1.807) is 13.8 Å². The van der Waals surface area contributed by atoms with Crippen LogP contribution < -0.4 is 5.32 Å². The summed E-state index contributed by atoms with van der Waals surface area (Å²) < 4.78 is 4.98. The highest BCUT2D eigenvalue weighted by Gasteiger charge is 2.24. The van der Waals surface area contributed by atoms with Crippen molar-refractivity contribution >= 4 is 12.1 Å². The van der Waals surface area contributed by atoms with Gasteiger partial charge in [0.05, 0.1) is 6.61 Å². The Morgan fingerprint density at radius 2 is 2.00 bits per heavy atom. The molecular formula is C13H23NO4. The van der Waals surface area contributed by atoms with Crippen molar-refractivity contribution in [3.8, 4) is 0 Å². The monoisotopic (exact) mass is 257 g/mol. The number of amides is 1. The molecule has 5 heteroatoms. The number of nitrogens with one attached hydrogen (secondary N) is 1. The van der Waals surface area contributed by atoms with Crippen LogP contribution in [0.3, 0.4) is 0 Å². The average Bonchev–Trinajstić information content (AvgIpc) is 2.29. The second-order valence-corrected chi connectivity index (χ2v) is 4.77. The molecule has 0 aliphatic carbocycles. The molecule has 2 atom stereocenters. The zero-order valence-electron chi connectivity index (χ0n) is 11.3. The molecule has 0 heterocycles. The van der Waals surface area contributed by atoms with Crippen molar-refractivity contribution in [1.82, 2.24) is 5.32 Å². The van der Waals surface area contributed by atoms with Crippen molar-refractivity contribution in [1.29, 1.82) is 0 Å². The van der Waals surface area contributed by atoms with Crippen LogP contribution in [0.25, 0.3) is 0 Å². The van der Waals surface area contributed by atoms with Gasteiger partial charge in [0.1, 0.15) is 6.04 Å². The van der Waals surface area contributed by atoms with Gasteiger partial charge in [-0.15, -0.1) is 6.58 Å². The van der Waals surface area contributed by atoms with Gasteiger partial charge in [0, 0.05) is 0 Å². The quantitative estimate of drug-likeness (QED) is 0.655. The van der Waals surface area contributed by atoms with E-state index in [9.17, 15) is 9.59 Å². The molecule has 0 aromatic carbocycles. The zero-order chi connectivity index (χ0) is 14.1. The predicted octanol–water partition coefficient (Wildman–Crippen LogP) is 2.42. The van der Waals surface area contributed by atoms with Gasteiger partial charge >= 0.3 is 12.1 Å². The van der Waals surface area contributed by atoms with Gasteiger partial charge in [-0.05, 0) is 24.7 Å². The minimum atomic E-state index is -1.05. The number of aliphatic carboxylic acids is 1. The molecule has 2 N–H and O–H groups in total. The summed E-state index contributed by atoms with van der Waals surface area (Å²) in [6.07, 6.45) is 2.90. The summed E-state index contributed by atoms with van der Waals surface area (Å²) in [6, 6.07) is -0.916. The van der Waals surface area contributed by atoms with E-state index in [4.69, 9.17) is 9.84 Å². The molecule has 0 saturated carbocycles. The number of ether oxygens (including phenoxy) is 1. The Balaban J connectivity index is 4.02. The first kappa shape index (κ1) is 16.5. The third-order valence-electron chi connectivity index (χ3n) is 2.57. The highest BCUT2D eigenvalue weighted by Crippen LogP contribution is 2.07. The number of alkyl carbamates (subject to hydrolysis) is 1. The Kier molecular flexibility index (Phi) is 7.83. The number of allylic oxidation sites excluding steroid dienone is 1. The Bertz CT molecular complexity index is 289. The summed E-state index contributed by atoms with van der Waals surface area (Å²) in [5.41, 5.74) is 0. The molecule has 0 aliphatic heterocycles. The van der Waals surface area contributed by atoms with Gasteiger partial charge < -0.3 is 15.2 Å². The Hall–Kier alpha value is -1.52. The molecule has 0 aromatic rings. The summed E-state index contributed by atoms with van der Waals surface area (Å²) in [6.45, 7) is 9.32. The number of carboxylic acids is 1. The minimum absolute atomic E-state index is 0.187. The van der Waals surface area contributed by atoms with Gasteiger partial charge in [0.15, 0.2) is 0 Å². The van der Waals surface area contributed by atoms with E-state index in [1.165, 1.54) is 0 Å². The first-order valence-corrected chi connectivity index (χ1v) is 6.15. The van der Waals surface area contributed by atoms with Crippen LogP contribution in [0, 0.1) is 11.8 Å². The van der Waals surface area contributed by atoms with Gasteiger partial charge in [0.2, 0.25) is 0 Å². The number of hydrogen-bond acceptors (Lipinski definition) is 3. The maximum atomic E-state index is 11.4. The van der Waals surface area contributed by atoms with Crippen LogP contribution >= 0.6 is 0 Å². The molecule has 0 saturated heterocycles. The molecule has 18 heavy (non-hydrogen) atoms. The lowest BCUT2D eigenvalue weighted by molar-refractivity contribution is -0.140. The molecule has 104 valence electrons. The zero-order valence-corrected chi connectivity index (χ0v) is 11.3. The van der Waals surface area contributed by atoms with Crippen LogP contribution in [-0.4, -0.2) is 29.8 Å². The molecule has 0 radical (unpaired) electrons. The average molecular weight is 257 g/mol. The van der Waals surface area contributed by atoms with Crippen molar-refractivity contribution < 1.29 is 19.4 Å². The van der Waals surface area contributed by atoms with Gasteiger partial charge in [0.25, 0.3) is 0 Å². The van der Waals surface area contributed by atoms with E-state index >= 15 is 0 Å². The van der Waals surface area contributed by atoms with E-state index in [2.05, 4.69) is 11.9 Å². The van der Waals surface area contributed by atoms with E-state index in [-0.39, 0.29) is 18.4 Å². The third-order valence-corrected chi connectivity index (χ3v) is 2.57. The second kappa shape index (κ2) is 8.55. The molecular weight excluding hydrogens is 234 g/mol. The molecule has 0 aromatic heterocycles. The summed E-state index contributed by atoms with van der Waals surface area (Å²) in [5.74, 6) is -1.01. The number of hydrogen-bond donors (Lipinski definition) is 2. The molecule has 0 fully saturated rings. The van der Waals surface area contributed by atoms with E-state index in [0.717, 1.165) is 12.8 Å². The first-order valence-electron chi connectivity index (χ1n) is 6.15. The standard InChI is InChI=1S/C13H23NO4/c1-5-6-7-10(4)8-18-13(17)14-11(9(2)3)12(15)16/h5,9-11H,1,6-8H2,2-4H3,(H,14,17)(H,15,16)/t10-,11-/m0/s1. The lowest BCUT2D eigenvalue weighted by Gasteiger charge is -2.18. The number of carbonyl (C=O) groups is 2. The highest BCUT2D eigenvalue weighted by atomic mass is 16.5. The molecule has 5 nitrogen and oxygen atoms in total. The molecule has 0 spiro atoms. The predicted molar refractivity (Wildman–Crippen MR) is 69.3 cm³/mol. The van der Waals surface area contributed by atoms with Crippen molar-refractivity contribution in [2.24, 2.45) is 11.8 Å². The summed E-state index contributed by atoms with van der Waals surface area (Å²) >= 11 is 0. The molecule has 0 aliphatic rings. The SMILES string of the molecule is C=CCC[C@H](C)COC(=O)N[C@H](C(=O)O)C(C)C. The van der Waals surface area contributed by atoms with Crippen molar-refractivity contribution in [3.05, 3.63) is 12.7 Å². The molecule has 0 bridgehead atoms. The van der Waals surface area contributed by atoms with Gasteiger partial charge in [-0.3, -0.25) is 0 Å². The summed E-state index contributed by atoms with van der Waals surface area (Å²) in [7, 11) is 0. The fourth-order valence-corrected chi connectivity index (χ4v) is 1.39.